The average Bonchev–Trinajstić information content (AvgIpc) is 2.47. The molecule has 0 aliphatic heterocycles. The maximum absolute atomic E-state index is 12.0. The van der Waals surface area contributed by atoms with Gasteiger partial charge in [0.25, 0.3) is 0 Å². The molecule has 110 valence electrons. The normalized spacial score (nSPS) is 9.43. The molecule has 1 aromatic heterocycles. The Morgan fingerprint density at radius 2 is 2.00 bits per heavy atom. The van der Waals surface area contributed by atoms with Crippen molar-refractivity contribution in [2.45, 2.75) is 0 Å². The minimum absolute atomic E-state index is 0. The summed E-state index contributed by atoms with van der Waals surface area (Å²) in [5, 5.41) is 0. The van der Waals surface area contributed by atoms with Crippen molar-refractivity contribution in [3.05, 3.63) is 53.9 Å². The molecule has 0 radical (unpaired) electrons. The van der Waals surface area contributed by atoms with Gasteiger partial charge in [0.15, 0.2) is 23.9 Å². The number of esters is 1. The van der Waals surface area contributed by atoms with E-state index in [2.05, 4.69) is 0 Å². The maximum Gasteiger partial charge on any atom is 0.349 e. The third-order valence-electron chi connectivity index (χ3n) is 2.70. The van der Waals surface area contributed by atoms with Gasteiger partial charge in [-0.1, -0.05) is 0 Å². The minimum atomic E-state index is -0.488. The monoisotopic (exact) mass is 307 g/mol. The van der Waals surface area contributed by atoms with Crippen LogP contribution in [0.1, 0.15) is 20.7 Å². The molecule has 0 saturated heterocycles. The average molecular weight is 308 g/mol. The molecular weight excluding hydrogens is 294 g/mol. The van der Waals surface area contributed by atoms with Crippen molar-refractivity contribution in [1.29, 1.82) is 0 Å². The van der Waals surface area contributed by atoms with Crippen LogP contribution in [0.4, 0.5) is 0 Å². The van der Waals surface area contributed by atoms with Crippen molar-refractivity contribution in [3.63, 3.8) is 0 Å². The number of hydrogen-bond acceptors (Lipinski definition) is 4. The number of rotatable bonds is 4. The molecule has 1 heterocycles. The molecule has 2 rings (SSSR count). The van der Waals surface area contributed by atoms with Crippen LogP contribution in [0.3, 0.4) is 0 Å². The van der Waals surface area contributed by atoms with Gasteiger partial charge in [0.05, 0.1) is 7.11 Å². The number of methoxy groups -OCH3 is 1. The fourth-order valence-electron chi connectivity index (χ4n) is 1.71. The lowest BCUT2D eigenvalue weighted by Gasteiger charge is -2.09. The molecule has 0 bridgehead atoms. The summed E-state index contributed by atoms with van der Waals surface area (Å²) >= 11 is 0. The van der Waals surface area contributed by atoms with E-state index in [4.69, 9.17) is 9.47 Å². The van der Waals surface area contributed by atoms with Crippen LogP contribution in [0.5, 0.6) is 11.5 Å². The number of pyridine rings is 1. The summed E-state index contributed by atoms with van der Waals surface area (Å²) in [6.45, 7) is 0. The summed E-state index contributed by atoms with van der Waals surface area (Å²) in [6, 6.07) is 8.02. The molecular formula is C15H14ClNO4. The summed E-state index contributed by atoms with van der Waals surface area (Å²) in [6.07, 6.45) is 4.18. The zero-order valence-electron chi connectivity index (χ0n) is 11.6. The van der Waals surface area contributed by atoms with E-state index >= 15 is 0 Å². The summed E-state index contributed by atoms with van der Waals surface area (Å²) < 4.78 is 12.1. The zero-order valence-corrected chi connectivity index (χ0v) is 12.3. The quantitative estimate of drug-likeness (QED) is 0.300. The van der Waals surface area contributed by atoms with Crippen LogP contribution in [-0.2, 0) is 7.05 Å². The number of aldehydes is 1. The number of carbonyl (C=O) groups is 2. The lowest BCUT2D eigenvalue weighted by molar-refractivity contribution is -0.671. The van der Waals surface area contributed by atoms with Crippen molar-refractivity contribution in [3.8, 4) is 11.5 Å². The first-order chi connectivity index (χ1) is 9.63. The van der Waals surface area contributed by atoms with E-state index in [0.717, 1.165) is 0 Å². The predicted molar refractivity (Wildman–Crippen MR) is 71.0 cm³/mol. The minimum Gasteiger partial charge on any atom is -1.00 e. The number of nitrogens with zero attached hydrogens (tertiary/aromatic N) is 1. The Hall–Kier alpha value is -2.40. The van der Waals surface area contributed by atoms with Crippen LogP contribution in [0, 0.1) is 0 Å². The molecule has 1 aromatic carbocycles. The third kappa shape index (κ3) is 4.03. The van der Waals surface area contributed by atoms with E-state index in [1.807, 2.05) is 13.2 Å². The van der Waals surface area contributed by atoms with Gasteiger partial charge in [-0.15, -0.1) is 0 Å². The van der Waals surface area contributed by atoms with Crippen LogP contribution in [0.25, 0.3) is 0 Å². The largest absolute Gasteiger partial charge is 1.00 e. The first-order valence-electron chi connectivity index (χ1n) is 5.94. The zero-order chi connectivity index (χ0) is 14.5. The van der Waals surface area contributed by atoms with Crippen molar-refractivity contribution in [2.24, 2.45) is 7.05 Å². The van der Waals surface area contributed by atoms with Gasteiger partial charge in [-0.2, -0.15) is 0 Å². The van der Waals surface area contributed by atoms with Crippen LogP contribution < -0.4 is 26.4 Å². The van der Waals surface area contributed by atoms with Crippen molar-refractivity contribution in [2.75, 3.05) is 7.11 Å². The molecule has 0 aliphatic rings. The van der Waals surface area contributed by atoms with Crippen LogP contribution in [-0.4, -0.2) is 19.4 Å². The Kier molecular flexibility index (Phi) is 5.87. The Labute approximate surface area is 128 Å². The Balaban J connectivity index is 0.00000220. The molecule has 0 spiro atoms. The molecule has 0 atom stereocenters. The SMILES string of the molecule is COc1cc(C=O)ccc1OC(=O)c1ccc[n+](C)c1.[Cl-]. The highest BCUT2D eigenvalue weighted by Crippen LogP contribution is 2.28. The van der Waals surface area contributed by atoms with E-state index in [9.17, 15) is 9.59 Å². The van der Waals surface area contributed by atoms with Gasteiger partial charge in [-0.05, 0) is 24.3 Å². The summed E-state index contributed by atoms with van der Waals surface area (Å²) in [4.78, 5) is 22.7. The van der Waals surface area contributed by atoms with Gasteiger partial charge >= 0.3 is 5.97 Å². The molecule has 2 aromatic rings. The first kappa shape index (κ1) is 16.7. The van der Waals surface area contributed by atoms with E-state index in [-0.39, 0.29) is 18.2 Å². The lowest BCUT2D eigenvalue weighted by Crippen LogP contribution is -3.00. The number of ether oxygens (including phenoxy) is 2. The number of benzene rings is 1. The smallest absolute Gasteiger partial charge is 0.349 e. The molecule has 0 N–H and O–H groups in total. The highest BCUT2D eigenvalue weighted by atomic mass is 35.5. The van der Waals surface area contributed by atoms with Crippen molar-refractivity contribution in [1.82, 2.24) is 0 Å². The topological polar surface area (TPSA) is 56.5 Å². The lowest BCUT2D eigenvalue weighted by atomic mass is 10.2. The molecule has 5 nitrogen and oxygen atoms in total. The number of halogens is 1. The van der Waals surface area contributed by atoms with Crippen LogP contribution >= 0.6 is 0 Å². The summed E-state index contributed by atoms with van der Waals surface area (Å²) in [5.74, 6) is 0.121. The fourth-order valence-corrected chi connectivity index (χ4v) is 1.71. The fraction of sp³-hybridized carbons (Fsp3) is 0.133. The highest BCUT2D eigenvalue weighted by Gasteiger charge is 2.15. The van der Waals surface area contributed by atoms with Gasteiger partial charge in [0.2, 0.25) is 0 Å². The van der Waals surface area contributed by atoms with Crippen molar-refractivity contribution < 1.29 is 36.0 Å². The Morgan fingerprint density at radius 3 is 2.62 bits per heavy atom. The van der Waals surface area contributed by atoms with Crippen LogP contribution in [0.15, 0.2) is 42.7 Å². The Bertz CT molecular complexity index is 658. The van der Waals surface area contributed by atoms with Crippen molar-refractivity contribution >= 4 is 12.3 Å². The van der Waals surface area contributed by atoms with Gasteiger partial charge in [-0.3, -0.25) is 4.79 Å². The molecule has 0 amide bonds. The molecule has 0 aliphatic carbocycles. The second-order valence-electron chi connectivity index (χ2n) is 4.18. The molecule has 0 saturated carbocycles. The van der Waals surface area contributed by atoms with Gasteiger partial charge in [0.1, 0.15) is 18.9 Å². The second-order valence-corrected chi connectivity index (χ2v) is 4.18. The summed E-state index contributed by atoms with van der Waals surface area (Å²) in [5.41, 5.74) is 0.879. The van der Waals surface area contributed by atoms with Gasteiger partial charge in [-0.25, -0.2) is 9.36 Å². The molecule has 0 fully saturated rings. The maximum atomic E-state index is 12.0. The third-order valence-corrected chi connectivity index (χ3v) is 2.70. The van der Waals surface area contributed by atoms with E-state index in [1.54, 1.807) is 29.0 Å². The van der Waals surface area contributed by atoms with E-state index < -0.39 is 5.97 Å². The Morgan fingerprint density at radius 1 is 1.24 bits per heavy atom. The number of carbonyl (C=O) groups excluding carboxylic acids is 2. The number of hydrogen-bond donors (Lipinski definition) is 0. The second kappa shape index (κ2) is 7.40. The predicted octanol–water partition coefficient (Wildman–Crippen LogP) is -1.44. The van der Waals surface area contributed by atoms with E-state index in [1.165, 1.54) is 19.2 Å². The van der Waals surface area contributed by atoms with E-state index in [0.29, 0.717) is 23.2 Å². The molecule has 21 heavy (non-hydrogen) atoms. The van der Waals surface area contributed by atoms with Gasteiger partial charge < -0.3 is 21.9 Å². The highest BCUT2D eigenvalue weighted by molar-refractivity contribution is 5.91. The molecule has 0 unspecified atom stereocenters. The number of aromatic nitrogens is 1. The number of aryl methyl sites for hydroxylation is 1. The molecule has 6 heteroatoms. The first-order valence-corrected chi connectivity index (χ1v) is 5.94. The standard InChI is InChI=1S/C15H14NO4.ClH/c1-16-7-3-4-12(9-16)15(18)20-13-6-5-11(10-17)8-14(13)19-2;/h3-10H,1-2H3;1H/q+1;/p-1. The summed E-state index contributed by atoms with van der Waals surface area (Å²) in [7, 11) is 3.26. The van der Waals surface area contributed by atoms with Gasteiger partial charge in [0, 0.05) is 11.6 Å². The van der Waals surface area contributed by atoms with Crippen LogP contribution in [0.2, 0.25) is 0 Å².